The van der Waals surface area contributed by atoms with Crippen LogP contribution < -0.4 is 10.2 Å². The number of urea groups is 1. The molecule has 1 aromatic carbocycles. The van der Waals surface area contributed by atoms with Crippen molar-refractivity contribution in [3.05, 3.63) is 30.1 Å². The van der Waals surface area contributed by atoms with E-state index in [0.717, 1.165) is 4.90 Å². The Kier molecular flexibility index (Phi) is 2.60. The van der Waals surface area contributed by atoms with E-state index in [0.29, 0.717) is 0 Å². The van der Waals surface area contributed by atoms with Gasteiger partial charge in [0.25, 0.3) is 0 Å². The van der Waals surface area contributed by atoms with E-state index in [1.807, 2.05) is 0 Å². The summed E-state index contributed by atoms with van der Waals surface area (Å²) in [5.41, 5.74) is -0.00287. The van der Waals surface area contributed by atoms with Gasteiger partial charge >= 0.3 is 6.03 Å². The van der Waals surface area contributed by atoms with Crippen LogP contribution in [-0.2, 0) is 4.79 Å². The van der Waals surface area contributed by atoms with E-state index in [1.165, 1.54) is 18.2 Å². The van der Waals surface area contributed by atoms with Crippen LogP contribution in [0.2, 0.25) is 0 Å². The number of hydrogen-bond acceptors (Lipinski definition) is 2. The molecule has 0 bridgehead atoms. The summed E-state index contributed by atoms with van der Waals surface area (Å²) in [5, 5.41) is 2.58. The van der Waals surface area contributed by atoms with Crippen molar-refractivity contribution in [1.29, 1.82) is 0 Å². The molecule has 1 aliphatic heterocycles. The van der Waals surface area contributed by atoms with Crippen molar-refractivity contribution < 1.29 is 14.0 Å². The molecule has 84 valence electrons. The number of rotatable bonds is 1. The summed E-state index contributed by atoms with van der Waals surface area (Å²) >= 11 is 0. The van der Waals surface area contributed by atoms with Crippen LogP contribution in [0.1, 0.15) is 13.3 Å². The van der Waals surface area contributed by atoms with Gasteiger partial charge in [0.15, 0.2) is 0 Å². The van der Waals surface area contributed by atoms with Gasteiger partial charge in [0.05, 0.1) is 5.69 Å². The van der Waals surface area contributed by atoms with Crippen LogP contribution in [0.15, 0.2) is 24.3 Å². The van der Waals surface area contributed by atoms with Crippen LogP contribution in [0.4, 0.5) is 14.9 Å². The number of carbonyl (C=O) groups is 2. The number of amides is 3. The number of nitrogens with one attached hydrogen (secondary N) is 1. The lowest BCUT2D eigenvalue weighted by atomic mass is 10.1. The average Bonchev–Trinajstić information content (AvgIpc) is 2.19. The predicted octanol–water partition coefficient (Wildman–Crippen LogP) is 1.66. The second-order valence-electron chi connectivity index (χ2n) is 3.74. The molecule has 2 rings (SSSR count). The van der Waals surface area contributed by atoms with Gasteiger partial charge in [0.2, 0.25) is 5.91 Å². The summed E-state index contributed by atoms with van der Waals surface area (Å²) in [4.78, 5) is 24.1. The molecule has 1 atom stereocenters. The summed E-state index contributed by atoms with van der Waals surface area (Å²) in [7, 11) is 0. The van der Waals surface area contributed by atoms with Crippen LogP contribution in [-0.4, -0.2) is 18.0 Å². The molecule has 0 aliphatic carbocycles. The number of benzene rings is 1. The van der Waals surface area contributed by atoms with Gasteiger partial charge in [0.1, 0.15) is 5.82 Å². The van der Waals surface area contributed by atoms with Gasteiger partial charge in [0, 0.05) is 12.5 Å². The first-order chi connectivity index (χ1) is 7.59. The Morgan fingerprint density at radius 3 is 2.69 bits per heavy atom. The zero-order valence-corrected chi connectivity index (χ0v) is 8.74. The van der Waals surface area contributed by atoms with Gasteiger partial charge < -0.3 is 5.32 Å². The van der Waals surface area contributed by atoms with Crippen molar-refractivity contribution in [1.82, 2.24) is 5.32 Å². The van der Waals surface area contributed by atoms with Gasteiger partial charge in [-0.05, 0) is 19.1 Å². The summed E-state index contributed by atoms with van der Waals surface area (Å²) in [6, 6.07) is 4.93. The molecule has 0 spiro atoms. The van der Waals surface area contributed by atoms with Crippen LogP contribution in [0.3, 0.4) is 0 Å². The minimum atomic E-state index is -0.583. The number of hydrogen-bond donors (Lipinski definition) is 1. The van der Waals surface area contributed by atoms with Gasteiger partial charge in [-0.3, -0.25) is 4.79 Å². The van der Waals surface area contributed by atoms with Crippen LogP contribution in [0.25, 0.3) is 0 Å². The Bertz CT molecular complexity index is 429. The molecule has 1 aromatic rings. The maximum absolute atomic E-state index is 13.4. The molecule has 1 fully saturated rings. The summed E-state index contributed by atoms with van der Waals surface area (Å²) in [6.45, 7) is 1.73. The number of nitrogens with zero attached hydrogens (tertiary/aromatic N) is 1. The third-order valence-electron chi connectivity index (χ3n) is 2.40. The minimum Gasteiger partial charge on any atom is -0.334 e. The van der Waals surface area contributed by atoms with Gasteiger partial charge in [-0.25, -0.2) is 14.1 Å². The molecule has 16 heavy (non-hydrogen) atoms. The first-order valence-corrected chi connectivity index (χ1v) is 4.97. The van der Waals surface area contributed by atoms with E-state index < -0.39 is 11.8 Å². The molecule has 1 N–H and O–H groups in total. The average molecular weight is 222 g/mol. The van der Waals surface area contributed by atoms with Crippen molar-refractivity contribution in [3.8, 4) is 0 Å². The molecule has 1 saturated heterocycles. The number of imide groups is 1. The monoisotopic (exact) mass is 222 g/mol. The number of halogens is 1. The molecule has 0 aromatic heterocycles. The van der Waals surface area contributed by atoms with Crippen molar-refractivity contribution in [2.45, 2.75) is 19.4 Å². The highest BCUT2D eigenvalue weighted by molar-refractivity contribution is 6.16. The SMILES string of the molecule is CC1CC(=O)N(c2ccccc2F)C(=O)N1. The second-order valence-corrected chi connectivity index (χ2v) is 3.74. The second kappa shape index (κ2) is 3.92. The maximum atomic E-state index is 13.4. The molecular weight excluding hydrogens is 211 g/mol. The third kappa shape index (κ3) is 1.76. The Morgan fingerprint density at radius 2 is 2.06 bits per heavy atom. The van der Waals surface area contributed by atoms with E-state index in [4.69, 9.17) is 0 Å². The minimum absolute atomic E-state index is 0.00287. The highest BCUT2D eigenvalue weighted by Crippen LogP contribution is 2.22. The van der Waals surface area contributed by atoms with Gasteiger partial charge in [-0.15, -0.1) is 0 Å². The summed E-state index contributed by atoms with van der Waals surface area (Å²) in [6.07, 6.45) is 0.181. The Morgan fingerprint density at radius 1 is 1.38 bits per heavy atom. The van der Waals surface area contributed by atoms with E-state index >= 15 is 0 Å². The normalized spacial score (nSPS) is 20.9. The van der Waals surface area contributed by atoms with E-state index in [-0.39, 0.29) is 24.1 Å². The molecule has 0 saturated carbocycles. The molecular formula is C11H11FN2O2. The highest BCUT2D eigenvalue weighted by atomic mass is 19.1. The van der Waals surface area contributed by atoms with Crippen molar-refractivity contribution in [3.63, 3.8) is 0 Å². The van der Waals surface area contributed by atoms with Crippen LogP contribution >= 0.6 is 0 Å². The zero-order valence-electron chi connectivity index (χ0n) is 8.74. The molecule has 1 heterocycles. The maximum Gasteiger partial charge on any atom is 0.329 e. The van der Waals surface area contributed by atoms with Crippen LogP contribution in [0.5, 0.6) is 0 Å². The summed E-state index contributed by atoms with van der Waals surface area (Å²) < 4.78 is 13.4. The number of carbonyl (C=O) groups excluding carboxylic acids is 2. The standard InChI is InChI=1S/C11H11FN2O2/c1-7-6-10(15)14(11(16)13-7)9-5-3-2-4-8(9)12/h2-5,7H,6H2,1H3,(H,13,16). The molecule has 1 aliphatic rings. The van der Waals surface area contributed by atoms with E-state index in [1.54, 1.807) is 13.0 Å². The first kappa shape index (κ1) is 10.6. The lowest BCUT2D eigenvalue weighted by Crippen LogP contribution is -2.54. The molecule has 5 heteroatoms. The van der Waals surface area contributed by atoms with Crippen molar-refractivity contribution >= 4 is 17.6 Å². The fourth-order valence-electron chi connectivity index (χ4n) is 1.67. The van der Waals surface area contributed by atoms with E-state index in [9.17, 15) is 14.0 Å². The number of para-hydroxylation sites is 1. The summed E-state index contributed by atoms with van der Waals surface area (Å²) in [5.74, 6) is -0.970. The molecule has 3 amide bonds. The Hall–Kier alpha value is -1.91. The first-order valence-electron chi connectivity index (χ1n) is 4.97. The number of anilines is 1. The Labute approximate surface area is 92.0 Å². The Balaban J connectivity index is 2.37. The van der Waals surface area contributed by atoms with Crippen molar-refractivity contribution in [2.24, 2.45) is 0 Å². The zero-order chi connectivity index (χ0) is 11.7. The van der Waals surface area contributed by atoms with E-state index in [2.05, 4.69) is 5.32 Å². The predicted molar refractivity (Wildman–Crippen MR) is 56.5 cm³/mol. The lowest BCUT2D eigenvalue weighted by Gasteiger charge is -2.29. The third-order valence-corrected chi connectivity index (χ3v) is 2.40. The van der Waals surface area contributed by atoms with Gasteiger partial charge in [-0.2, -0.15) is 0 Å². The molecule has 4 nitrogen and oxygen atoms in total. The largest absolute Gasteiger partial charge is 0.334 e. The smallest absolute Gasteiger partial charge is 0.329 e. The highest BCUT2D eigenvalue weighted by Gasteiger charge is 2.32. The van der Waals surface area contributed by atoms with Crippen LogP contribution in [0, 0.1) is 5.82 Å². The van der Waals surface area contributed by atoms with Crippen molar-refractivity contribution in [2.75, 3.05) is 4.90 Å². The molecule has 1 unspecified atom stereocenters. The fourth-order valence-corrected chi connectivity index (χ4v) is 1.67. The quantitative estimate of drug-likeness (QED) is 0.785. The van der Waals surface area contributed by atoms with Gasteiger partial charge in [-0.1, -0.05) is 12.1 Å². The fraction of sp³-hybridized carbons (Fsp3) is 0.273. The molecule has 0 radical (unpaired) electrons. The lowest BCUT2D eigenvalue weighted by molar-refractivity contribution is -0.118. The topological polar surface area (TPSA) is 49.4 Å².